The van der Waals surface area contributed by atoms with Gasteiger partial charge in [0.15, 0.2) is 10.6 Å². The molecule has 0 N–H and O–H groups in total. The largest absolute Gasteiger partial charge is 0.465 e. The van der Waals surface area contributed by atoms with Crippen LogP contribution in [0.4, 0.5) is 13.2 Å². The Kier molecular flexibility index (Phi) is 2.95. The van der Waals surface area contributed by atoms with Crippen LogP contribution in [0.15, 0.2) is 0 Å². The van der Waals surface area contributed by atoms with Crippen molar-refractivity contribution in [3.05, 3.63) is 16.1 Å². The smallest absolute Gasteiger partial charge is 0.435 e. The summed E-state index contributed by atoms with van der Waals surface area (Å²) < 4.78 is 44.0. The van der Waals surface area contributed by atoms with Gasteiger partial charge in [-0.1, -0.05) is 0 Å². The third-order valence-corrected chi connectivity index (χ3v) is 2.27. The molecule has 0 atom stereocenters. The first-order valence-electron chi connectivity index (χ1n) is 3.47. The summed E-state index contributed by atoms with van der Waals surface area (Å²) >= 11 is 0.293. The van der Waals surface area contributed by atoms with E-state index in [0.29, 0.717) is 11.5 Å². The van der Waals surface area contributed by atoms with Crippen LogP contribution >= 0.6 is 11.5 Å². The predicted octanol–water partition coefficient (Wildman–Crippen LogP) is 1.82. The number of nitrogens with zero attached hydrogens (tertiary/aromatic N) is 2. The summed E-state index contributed by atoms with van der Waals surface area (Å²) in [5, 5.41) is 8.50. The van der Waals surface area contributed by atoms with Crippen molar-refractivity contribution in [2.24, 2.45) is 0 Å². The first-order valence-corrected chi connectivity index (χ1v) is 4.24. The van der Waals surface area contributed by atoms with Gasteiger partial charge in [-0.05, 0) is 11.5 Å². The number of ether oxygens (including phenoxy) is 1. The number of hydrogen-bond acceptors (Lipinski definition) is 5. The first kappa shape index (κ1) is 11.5. The first-order chi connectivity index (χ1) is 6.91. The average molecular weight is 236 g/mol. The van der Waals surface area contributed by atoms with E-state index >= 15 is 0 Å². The molecule has 1 aromatic heterocycles. The fourth-order valence-electron chi connectivity index (χ4n) is 0.819. The molecular weight excluding hydrogens is 233 g/mol. The molecule has 0 bridgehead atoms. The van der Waals surface area contributed by atoms with Gasteiger partial charge in [0.2, 0.25) is 0 Å². The van der Waals surface area contributed by atoms with Crippen LogP contribution in [0.5, 0.6) is 0 Å². The summed E-state index contributed by atoms with van der Waals surface area (Å²) in [4.78, 5) is 10.5. The van der Waals surface area contributed by atoms with E-state index in [2.05, 4.69) is 9.11 Å². The number of alkyl halides is 3. The van der Waals surface area contributed by atoms with Gasteiger partial charge in [0.05, 0.1) is 7.11 Å². The lowest BCUT2D eigenvalue weighted by atomic mass is 10.2. The third-order valence-electron chi connectivity index (χ3n) is 1.44. The number of carbonyl (C=O) groups excluding carboxylic acids is 1. The van der Waals surface area contributed by atoms with Crippen molar-refractivity contribution in [3.63, 3.8) is 0 Å². The molecule has 0 aromatic carbocycles. The van der Waals surface area contributed by atoms with Gasteiger partial charge in [0.25, 0.3) is 0 Å². The van der Waals surface area contributed by atoms with E-state index in [9.17, 15) is 18.0 Å². The molecule has 0 spiro atoms. The molecule has 1 rings (SSSR count). The van der Waals surface area contributed by atoms with Gasteiger partial charge in [0.1, 0.15) is 11.6 Å². The summed E-state index contributed by atoms with van der Waals surface area (Å²) in [6.45, 7) is 0. The van der Waals surface area contributed by atoms with Crippen molar-refractivity contribution in [2.45, 2.75) is 6.18 Å². The van der Waals surface area contributed by atoms with E-state index in [-0.39, 0.29) is 0 Å². The Morgan fingerprint density at radius 3 is 2.60 bits per heavy atom. The van der Waals surface area contributed by atoms with Gasteiger partial charge in [-0.3, -0.25) is 0 Å². The number of esters is 1. The SMILES string of the molecule is COC(=O)c1snc(C(F)(F)F)c1C#N. The van der Waals surface area contributed by atoms with Crippen LogP contribution in [0.2, 0.25) is 0 Å². The summed E-state index contributed by atoms with van der Waals surface area (Å²) in [5.41, 5.74) is -2.14. The van der Waals surface area contributed by atoms with Crippen molar-refractivity contribution in [1.82, 2.24) is 4.37 Å². The highest BCUT2D eigenvalue weighted by Gasteiger charge is 2.39. The third kappa shape index (κ3) is 2.07. The summed E-state index contributed by atoms with van der Waals surface area (Å²) in [6, 6.07) is 1.29. The monoisotopic (exact) mass is 236 g/mol. The molecule has 0 unspecified atom stereocenters. The van der Waals surface area contributed by atoms with E-state index in [1.807, 2.05) is 0 Å². The molecule has 0 aliphatic carbocycles. The zero-order valence-corrected chi connectivity index (χ0v) is 8.07. The zero-order valence-electron chi connectivity index (χ0n) is 7.25. The van der Waals surface area contributed by atoms with E-state index in [1.165, 1.54) is 6.07 Å². The molecule has 0 saturated carbocycles. The molecule has 15 heavy (non-hydrogen) atoms. The van der Waals surface area contributed by atoms with Crippen LogP contribution < -0.4 is 0 Å². The van der Waals surface area contributed by atoms with Gasteiger partial charge in [-0.25, -0.2) is 4.79 Å². The number of nitriles is 1. The van der Waals surface area contributed by atoms with Crippen molar-refractivity contribution in [1.29, 1.82) is 5.26 Å². The van der Waals surface area contributed by atoms with E-state index < -0.39 is 28.3 Å². The van der Waals surface area contributed by atoms with Crippen LogP contribution in [0.1, 0.15) is 20.9 Å². The Labute approximate surface area is 86.1 Å². The van der Waals surface area contributed by atoms with Gasteiger partial charge in [0, 0.05) is 0 Å². The molecular formula is C7H3F3N2O2S. The Hall–Kier alpha value is -1.62. The summed E-state index contributed by atoms with van der Waals surface area (Å²) in [7, 11) is 1.01. The van der Waals surface area contributed by atoms with E-state index in [4.69, 9.17) is 5.26 Å². The maximum absolute atomic E-state index is 12.3. The van der Waals surface area contributed by atoms with Crippen molar-refractivity contribution in [2.75, 3.05) is 7.11 Å². The molecule has 0 aliphatic rings. The normalized spacial score (nSPS) is 10.9. The molecule has 1 aromatic rings. The summed E-state index contributed by atoms with van der Waals surface area (Å²) in [5.74, 6) is -1.00. The predicted molar refractivity (Wildman–Crippen MR) is 43.2 cm³/mol. The minimum Gasteiger partial charge on any atom is -0.465 e. The molecule has 1 heterocycles. The van der Waals surface area contributed by atoms with E-state index in [1.54, 1.807) is 0 Å². The standard InChI is InChI=1S/C7H3F3N2O2S/c1-14-6(13)4-3(2-11)5(12-15-4)7(8,9)10/h1H3. The number of hydrogen-bond donors (Lipinski definition) is 0. The number of carbonyl (C=O) groups is 1. The lowest BCUT2D eigenvalue weighted by Crippen LogP contribution is -2.09. The molecule has 0 fully saturated rings. The lowest BCUT2D eigenvalue weighted by Gasteiger charge is -2.01. The minimum atomic E-state index is -4.74. The Balaban J connectivity index is 3.32. The zero-order chi connectivity index (χ0) is 11.6. The molecule has 0 amide bonds. The fraction of sp³-hybridized carbons (Fsp3) is 0.286. The van der Waals surface area contributed by atoms with Crippen LogP contribution in [-0.4, -0.2) is 17.5 Å². The maximum atomic E-state index is 12.3. The van der Waals surface area contributed by atoms with Crippen LogP contribution in [0.25, 0.3) is 0 Å². The Morgan fingerprint density at radius 1 is 1.60 bits per heavy atom. The van der Waals surface area contributed by atoms with Gasteiger partial charge < -0.3 is 4.74 Å². The van der Waals surface area contributed by atoms with Crippen molar-refractivity contribution in [3.8, 4) is 6.07 Å². The minimum absolute atomic E-state index is 0.293. The maximum Gasteiger partial charge on any atom is 0.435 e. The number of rotatable bonds is 1. The molecule has 4 nitrogen and oxygen atoms in total. The van der Waals surface area contributed by atoms with Crippen molar-refractivity contribution < 1.29 is 22.7 Å². The highest BCUT2D eigenvalue weighted by molar-refractivity contribution is 7.08. The highest BCUT2D eigenvalue weighted by Crippen LogP contribution is 2.34. The second-order valence-electron chi connectivity index (χ2n) is 2.34. The van der Waals surface area contributed by atoms with E-state index in [0.717, 1.165) is 7.11 Å². The Bertz CT molecular complexity index is 432. The molecule has 0 aliphatic heterocycles. The quantitative estimate of drug-likeness (QED) is 0.697. The van der Waals surface area contributed by atoms with Crippen LogP contribution in [0, 0.1) is 11.3 Å². The highest BCUT2D eigenvalue weighted by atomic mass is 32.1. The fourth-order valence-corrected chi connectivity index (χ4v) is 1.59. The second kappa shape index (κ2) is 3.86. The second-order valence-corrected chi connectivity index (χ2v) is 3.11. The molecule has 80 valence electrons. The summed E-state index contributed by atoms with van der Waals surface area (Å²) in [6.07, 6.45) is -4.74. The molecule has 8 heteroatoms. The van der Waals surface area contributed by atoms with Gasteiger partial charge in [-0.2, -0.15) is 22.8 Å². The topological polar surface area (TPSA) is 63.0 Å². The lowest BCUT2D eigenvalue weighted by molar-refractivity contribution is -0.140. The van der Waals surface area contributed by atoms with Crippen LogP contribution in [-0.2, 0) is 10.9 Å². The van der Waals surface area contributed by atoms with Crippen LogP contribution in [0.3, 0.4) is 0 Å². The van der Waals surface area contributed by atoms with Crippen molar-refractivity contribution >= 4 is 17.5 Å². The Morgan fingerprint density at radius 2 is 2.20 bits per heavy atom. The van der Waals surface area contributed by atoms with Gasteiger partial charge >= 0.3 is 12.1 Å². The number of halogens is 3. The number of aromatic nitrogens is 1. The van der Waals surface area contributed by atoms with Gasteiger partial charge in [-0.15, -0.1) is 0 Å². The molecule has 0 saturated heterocycles. The average Bonchev–Trinajstić information content (AvgIpc) is 2.59. The molecule has 0 radical (unpaired) electrons. The number of methoxy groups -OCH3 is 1.